The smallest absolute Gasteiger partial charge is 0.390 e. The average Bonchev–Trinajstić information content (AvgIpc) is 2.64. The Morgan fingerprint density at radius 3 is 2.16 bits per heavy atom. The fourth-order valence-corrected chi connectivity index (χ4v) is 5.59. The van der Waals surface area contributed by atoms with Crippen molar-refractivity contribution in [2.45, 2.75) is 89.4 Å². The second-order valence-electron chi connectivity index (χ2n) is 7.26. The van der Waals surface area contributed by atoms with E-state index >= 15 is 0 Å². The molecule has 5 nitrogen and oxygen atoms in total. The first-order valence-corrected chi connectivity index (χ1v) is 12.0. The standard InChI is InChI=1S/C19H40O5Si/c1-5-6-7-8-9-10-14-24-19-12-11-17(16-18(19)20)13-15-25(21-2,22-3)23-4/h17-20H,5-16H2,1-4H3. The monoisotopic (exact) mass is 376 g/mol. The minimum atomic E-state index is -2.49. The first-order chi connectivity index (χ1) is 12.1. The number of ether oxygens (including phenoxy) is 1. The molecule has 1 N–H and O–H groups in total. The predicted molar refractivity (Wildman–Crippen MR) is 103 cm³/mol. The number of hydrogen-bond acceptors (Lipinski definition) is 5. The molecule has 25 heavy (non-hydrogen) atoms. The maximum atomic E-state index is 10.4. The van der Waals surface area contributed by atoms with Crippen molar-refractivity contribution >= 4 is 8.80 Å². The maximum Gasteiger partial charge on any atom is 0.500 e. The second-order valence-corrected chi connectivity index (χ2v) is 10.3. The van der Waals surface area contributed by atoms with E-state index in [2.05, 4.69) is 6.92 Å². The lowest BCUT2D eigenvalue weighted by atomic mass is 9.84. The molecule has 0 aromatic rings. The van der Waals surface area contributed by atoms with Crippen molar-refractivity contribution in [3.05, 3.63) is 0 Å². The molecule has 0 radical (unpaired) electrons. The molecular formula is C19H40O5Si. The van der Waals surface area contributed by atoms with Crippen LogP contribution in [0, 0.1) is 5.92 Å². The Labute approximate surface area is 155 Å². The van der Waals surface area contributed by atoms with Crippen LogP contribution in [-0.2, 0) is 18.0 Å². The summed E-state index contributed by atoms with van der Waals surface area (Å²) in [5, 5.41) is 10.4. The zero-order valence-corrected chi connectivity index (χ0v) is 17.8. The maximum absolute atomic E-state index is 10.4. The average molecular weight is 377 g/mol. The lowest BCUT2D eigenvalue weighted by Gasteiger charge is -2.34. The molecule has 6 heteroatoms. The van der Waals surface area contributed by atoms with Crippen molar-refractivity contribution < 1.29 is 23.1 Å². The highest BCUT2D eigenvalue weighted by Crippen LogP contribution is 2.32. The van der Waals surface area contributed by atoms with Gasteiger partial charge >= 0.3 is 8.80 Å². The van der Waals surface area contributed by atoms with Crippen molar-refractivity contribution in [1.82, 2.24) is 0 Å². The van der Waals surface area contributed by atoms with Crippen LogP contribution >= 0.6 is 0 Å². The van der Waals surface area contributed by atoms with Gasteiger partial charge in [0.1, 0.15) is 0 Å². The Bertz CT molecular complexity index is 317. The van der Waals surface area contributed by atoms with Gasteiger partial charge in [0.25, 0.3) is 0 Å². The van der Waals surface area contributed by atoms with Gasteiger partial charge in [0.2, 0.25) is 0 Å². The number of hydrogen-bond donors (Lipinski definition) is 1. The van der Waals surface area contributed by atoms with E-state index in [1.807, 2.05) is 0 Å². The lowest BCUT2D eigenvalue weighted by Crippen LogP contribution is -2.43. The van der Waals surface area contributed by atoms with E-state index in [9.17, 15) is 5.11 Å². The third-order valence-electron chi connectivity index (χ3n) is 5.49. The van der Waals surface area contributed by atoms with E-state index in [1.54, 1.807) is 21.3 Å². The van der Waals surface area contributed by atoms with Crippen LogP contribution in [0.1, 0.15) is 71.1 Å². The highest BCUT2D eigenvalue weighted by Gasteiger charge is 2.39. The summed E-state index contributed by atoms with van der Waals surface area (Å²) < 4.78 is 22.4. The largest absolute Gasteiger partial charge is 0.500 e. The summed E-state index contributed by atoms with van der Waals surface area (Å²) in [7, 11) is 2.47. The SMILES string of the molecule is CCCCCCCCOC1CCC(CC[Si](OC)(OC)OC)CC1O. The fourth-order valence-electron chi connectivity index (χ4n) is 3.71. The summed E-state index contributed by atoms with van der Waals surface area (Å²) >= 11 is 0. The Hall–Kier alpha value is 0.0169. The van der Waals surface area contributed by atoms with Crippen LogP contribution in [0.25, 0.3) is 0 Å². The normalized spacial score (nSPS) is 24.6. The molecule has 0 aromatic carbocycles. The van der Waals surface area contributed by atoms with E-state index in [0.29, 0.717) is 5.92 Å². The van der Waals surface area contributed by atoms with E-state index < -0.39 is 8.80 Å². The molecule has 0 aliphatic heterocycles. The molecule has 1 saturated carbocycles. The summed E-state index contributed by atoms with van der Waals surface area (Å²) in [5.41, 5.74) is 0. The summed E-state index contributed by atoms with van der Waals surface area (Å²) in [6.07, 6.45) is 11.1. The Kier molecular flexibility index (Phi) is 12.2. The molecule has 0 spiro atoms. The number of rotatable bonds is 14. The van der Waals surface area contributed by atoms with E-state index in [1.165, 1.54) is 32.1 Å². The van der Waals surface area contributed by atoms with Gasteiger partial charge < -0.3 is 23.1 Å². The summed E-state index contributed by atoms with van der Waals surface area (Å²) in [6.45, 7) is 3.02. The van der Waals surface area contributed by atoms with Crippen LogP contribution in [0.2, 0.25) is 6.04 Å². The van der Waals surface area contributed by atoms with Gasteiger partial charge in [-0.25, -0.2) is 0 Å². The van der Waals surface area contributed by atoms with E-state index in [4.69, 9.17) is 18.0 Å². The molecular weight excluding hydrogens is 336 g/mol. The van der Waals surface area contributed by atoms with Crippen LogP contribution in [-0.4, -0.2) is 54.1 Å². The molecule has 150 valence electrons. The van der Waals surface area contributed by atoms with Gasteiger partial charge in [-0.15, -0.1) is 0 Å². The zero-order valence-electron chi connectivity index (χ0n) is 16.8. The fraction of sp³-hybridized carbons (Fsp3) is 1.00. The predicted octanol–water partition coefficient (Wildman–Crippen LogP) is 4.16. The van der Waals surface area contributed by atoms with Crippen LogP contribution < -0.4 is 0 Å². The molecule has 1 rings (SSSR count). The van der Waals surface area contributed by atoms with Crippen molar-refractivity contribution in [2.24, 2.45) is 5.92 Å². The van der Waals surface area contributed by atoms with Gasteiger partial charge in [-0.2, -0.15) is 0 Å². The zero-order chi connectivity index (χ0) is 18.5. The number of aliphatic hydroxyl groups excluding tert-OH is 1. The van der Waals surface area contributed by atoms with Gasteiger partial charge in [0.05, 0.1) is 12.2 Å². The molecule has 0 amide bonds. The van der Waals surface area contributed by atoms with Crippen molar-refractivity contribution in [1.29, 1.82) is 0 Å². The number of unbranched alkanes of at least 4 members (excludes halogenated alkanes) is 5. The van der Waals surface area contributed by atoms with Crippen LogP contribution in [0.3, 0.4) is 0 Å². The molecule has 1 aliphatic carbocycles. The molecule has 0 bridgehead atoms. The molecule has 0 saturated heterocycles. The van der Waals surface area contributed by atoms with Gasteiger partial charge in [0, 0.05) is 34.0 Å². The van der Waals surface area contributed by atoms with Crippen molar-refractivity contribution in [2.75, 3.05) is 27.9 Å². The molecule has 3 atom stereocenters. The van der Waals surface area contributed by atoms with Gasteiger partial charge in [-0.05, 0) is 38.0 Å². The van der Waals surface area contributed by atoms with Crippen LogP contribution in [0.15, 0.2) is 0 Å². The second kappa shape index (κ2) is 13.2. The van der Waals surface area contributed by atoms with Gasteiger partial charge in [0.15, 0.2) is 0 Å². The summed E-state index contributed by atoms with van der Waals surface area (Å²) in [5.74, 6) is 0.496. The van der Waals surface area contributed by atoms with Crippen LogP contribution in [0.5, 0.6) is 0 Å². The lowest BCUT2D eigenvalue weighted by molar-refractivity contribution is -0.0716. The Balaban J connectivity index is 2.19. The van der Waals surface area contributed by atoms with Crippen molar-refractivity contribution in [3.8, 4) is 0 Å². The minimum absolute atomic E-state index is 0.0150. The molecule has 0 heterocycles. The van der Waals surface area contributed by atoms with E-state index in [0.717, 1.165) is 44.8 Å². The first-order valence-electron chi connectivity index (χ1n) is 10.1. The quantitative estimate of drug-likeness (QED) is 0.364. The van der Waals surface area contributed by atoms with Crippen LogP contribution in [0.4, 0.5) is 0 Å². The highest BCUT2D eigenvalue weighted by molar-refractivity contribution is 6.60. The first kappa shape index (κ1) is 23.1. The van der Waals surface area contributed by atoms with E-state index in [-0.39, 0.29) is 12.2 Å². The minimum Gasteiger partial charge on any atom is -0.390 e. The van der Waals surface area contributed by atoms with Crippen molar-refractivity contribution in [3.63, 3.8) is 0 Å². The summed E-state index contributed by atoms with van der Waals surface area (Å²) in [4.78, 5) is 0. The molecule has 0 aromatic heterocycles. The topological polar surface area (TPSA) is 57.2 Å². The Morgan fingerprint density at radius 1 is 0.920 bits per heavy atom. The molecule has 3 unspecified atom stereocenters. The molecule has 1 fully saturated rings. The summed E-state index contributed by atoms with van der Waals surface area (Å²) in [6, 6.07) is 0.803. The highest BCUT2D eigenvalue weighted by atomic mass is 28.4. The van der Waals surface area contributed by atoms with Gasteiger partial charge in [-0.1, -0.05) is 39.0 Å². The third-order valence-corrected chi connectivity index (χ3v) is 8.25. The molecule has 1 aliphatic rings. The third kappa shape index (κ3) is 8.50. The number of aliphatic hydroxyl groups is 1. The Morgan fingerprint density at radius 2 is 1.56 bits per heavy atom. The van der Waals surface area contributed by atoms with Gasteiger partial charge in [-0.3, -0.25) is 0 Å².